The zero-order valence-corrected chi connectivity index (χ0v) is 18.5. The molecule has 30 heavy (non-hydrogen) atoms. The summed E-state index contributed by atoms with van der Waals surface area (Å²) < 4.78 is 39.6. The highest BCUT2D eigenvalue weighted by molar-refractivity contribution is 7.13. The van der Waals surface area contributed by atoms with Crippen molar-refractivity contribution in [2.75, 3.05) is 31.5 Å². The van der Waals surface area contributed by atoms with E-state index in [4.69, 9.17) is 11.6 Å². The third-order valence-corrected chi connectivity index (χ3v) is 6.06. The standard InChI is InChI=1S/C21H24ClF3N4S/c1-3-29(4-2)10-6-5-9-26-20-19(17-8-7-11-30-17)28-18-15(22)12-14(21(23,24)25)13-16(18)27-20/h7-8,11-13H,3-6,9-10H2,1-2H3,(H,26,27). The van der Waals surface area contributed by atoms with Crippen LogP contribution in [-0.4, -0.2) is 41.0 Å². The number of hydrogen-bond donors (Lipinski definition) is 1. The van der Waals surface area contributed by atoms with Crippen LogP contribution in [-0.2, 0) is 6.18 Å². The van der Waals surface area contributed by atoms with Crippen LogP contribution in [0.25, 0.3) is 21.6 Å². The van der Waals surface area contributed by atoms with Gasteiger partial charge in [-0.3, -0.25) is 0 Å². The molecule has 162 valence electrons. The topological polar surface area (TPSA) is 41.0 Å². The molecule has 4 nitrogen and oxygen atoms in total. The first kappa shape index (κ1) is 22.8. The van der Waals surface area contributed by atoms with Crippen molar-refractivity contribution in [3.63, 3.8) is 0 Å². The highest BCUT2D eigenvalue weighted by Crippen LogP contribution is 2.37. The normalized spacial score (nSPS) is 12.1. The number of aromatic nitrogens is 2. The molecule has 0 saturated heterocycles. The second kappa shape index (κ2) is 9.94. The molecule has 2 heterocycles. The van der Waals surface area contributed by atoms with Gasteiger partial charge < -0.3 is 10.2 Å². The van der Waals surface area contributed by atoms with Gasteiger partial charge in [-0.15, -0.1) is 11.3 Å². The monoisotopic (exact) mass is 456 g/mol. The molecule has 0 amide bonds. The van der Waals surface area contributed by atoms with E-state index in [9.17, 15) is 13.2 Å². The van der Waals surface area contributed by atoms with Crippen molar-refractivity contribution in [1.29, 1.82) is 0 Å². The van der Waals surface area contributed by atoms with Gasteiger partial charge in [0.2, 0.25) is 0 Å². The minimum atomic E-state index is -4.50. The molecule has 9 heteroatoms. The third-order valence-electron chi connectivity index (χ3n) is 4.89. The minimum Gasteiger partial charge on any atom is -0.368 e. The highest BCUT2D eigenvalue weighted by atomic mass is 35.5. The molecule has 3 rings (SSSR count). The summed E-state index contributed by atoms with van der Waals surface area (Å²) >= 11 is 7.63. The first-order valence-corrected chi connectivity index (χ1v) is 11.2. The molecular weight excluding hydrogens is 433 g/mol. The van der Waals surface area contributed by atoms with Gasteiger partial charge in [0.05, 0.1) is 21.0 Å². The fourth-order valence-corrected chi connectivity index (χ4v) is 4.17. The predicted molar refractivity (Wildman–Crippen MR) is 118 cm³/mol. The summed E-state index contributed by atoms with van der Waals surface area (Å²) in [5.41, 5.74) is 0.159. The van der Waals surface area contributed by atoms with Crippen LogP contribution in [0.2, 0.25) is 5.02 Å². The third kappa shape index (κ3) is 5.42. The SMILES string of the molecule is CCN(CC)CCCCNc1nc2cc(C(F)(F)F)cc(Cl)c2nc1-c1cccs1. The van der Waals surface area contributed by atoms with Crippen LogP contribution in [0.15, 0.2) is 29.6 Å². The zero-order valence-electron chi connectivity index (χ0n) is 16.9. The molecule has 0 bridgehead atoms. The number of unbranched alkanes of at least 4 members (excludes halogenated alkanes) is 1. The van der Waals surface area contributed by atoms with E-state index in [1.54, 1.807) is 0 Å². The van der Waals surface area contributed by atoms with Crippen LogP contribution in [0.5, 0.6) is 0 Å². The first-order valence-electron chi connectivity index (χ1n) is 9.92. The number of anilines is 1. The number of benzene rings is 1. The number of hydrogen-bond acceptors (Lipinski definition) is 5. The lowest BCUT2D eigenvalue weighted by Crippen LogP contribution is -2.24. The lowest BCUT2D eigenvalue weighted by Gasteiger charge is -2.18. The van der Waals surface area contributed by atoms with E-state index < -0.39 is 11.7 Å². The Balaban J connectivity index is 1.87. The first-order chi connectivity index (χ1) is 14.3. The van der Waals surface area contributed by atoms with Crippen molar-refractivity contribution in [1.82, 2.24) is 14.9 Å². The smallest absolute Gasteiger partial charge is 0.368 e. The Morgan fingerprint density at radius 3 is 2.53 bits per heavy atom. The summed E-state index contributed by atoms with van der Waals surface area (Å²) in [6.45, 7) is 7.99. The van der Waals surface area contributed by atoms with Crippen LogP contribution in [0.3, 0.4) is 0 Å². The molecule has 0 aliphatic rings. The molecule has 2 aromatic heterocycles. The maximum Gasteiger partial charge on any atom is 0.416 e. The average molecular weight is 457 g/mol. The molecule has 0 saturated carbocycles. The van der Waals surface area contributed by atoms with Crippen LogP contribution < -0.4 is 5.32 Å². The maximum absolute atomic E-state index is 13.2. The van der Waals surface area contributed by atoms with E-state index in [-0.39, 0.29) is 16.1 Å². The van der Waals surface area contributed by atoms with E-state index in [1.165, 1.54) is 11.3 Å². The Hall–Kier alpha value is -1.90. The van der Waals surface area contributed by atoms with Crippen LogP contribution in [0.4, 0.5) is 19.0 Å². The van der Waals surface area contributed by atoms with Crippen molar-refractivity contribution >= 4 is 39.8 Å². The van der Waals surface area contributed by atoms with E-state index in [0.717, 1.165) is 49.5 Å². The molecule has 3 aromatic rings. The lowest BCUT2D eigenvalue weighted by molar-refractivity contribution is -0.137. The summed E-state index contributed by atoms with van der Waals surface area (Å²) in [4.78, 5) is 12.3. The van der Waals surface area contributed by atoms with Gasteiger partial charge in [0.15, 0.2) is 5.82 Å². The van der Waals surface area contributed by atoms with Gasteiger partial charge in [-0.1, -0.05) is 31.5 Å². The number of thiophene rings is 1. The van der Waals surface area contributed by atoms with Gasteiger partial charge in [0.1, 0.15) is 11.2 Å². The van der Waals surface area contributed by atoms with Crippen molar-refractivity contribution in [2.45, 2.75) is 32.9 Å². The van der Waals surface area contributed by atoms with Crippen molar-refractivity contribution in [3.8, 4) is 10.6 Å². The van der Waals surface area contributed by atoms with E-state index in [0.29, 0.717) is 18.1 Å². The summed E-state index contributed by atoms with van der Waals surface area (Å²) in [5.74, 6) is 0.475. The molecule has 1 N–H and O–H groups in total. The minimum absolute atomic E-state index is 0.0593. The quantitative estimate of drug-likeness (QED) is 0.370. The Kier molecular flexibility index (Phi) is 7.55. The molecule has 0 unspecified atom stereocenters. The molecule has 0 aliphatic carbocycles. The fraction of sp³-hybridized carbons (Fsp3) is 0.429. The maximum atomic E-state index is 13.2. The molecule has 0 aliphatic heterocycles. The van der Waals surface area contributed by atoms with E-state index >= 15 is 0 Å². The number of alkyl halides is 3. The van der Waals surface area contributed by atoms with Crippen LogP contribution in [0.1, 0.15) is 32.3 Å². The van der Waals surface area contributed by atoms with Crippen molar-refractivity contribution < 1.29 is 13.2 Å². The average Bonchev–Trinajstić information content (AvgIpc) is 3.24. The Morgan fingerprint density at radius 2 is 1.90 bits per heavy atom. The van der Waals surface area contributed by atoms with Gasteiger partial charge in [0.25, 0.3) is 0 Å². The number of halogens is 4. The Bertz CT molecular complexity index is 973. The van der Waals surface area contributed by atoms with Crippen molar-refractivity contribution in [2.24, 2.45) is 0 Å². The van der Waals surface area contributed by atoms with Gasteiger partial charge in [-0.25, -0.2) is 9.97 Å². The molecule has 0 spiro atoms. The lowest BCUT2D eigenvalue weighted by atomic mass is 10.1. The number of nitrogens with one attached hydrogen (secondary N) is 1. The highest BCUT2D eigenvalue weighted by Gasteiger charge is 2.32. The van der Waals surface area contributed by atoms with Crippen LogP contribution >= 0.6 is 22.9 Å². The Labute approximate surface area is 183 Å². The predicted octanol–water partition coefficient (Wildman–Crippen LogP) is 6.56. The summed E-state index contributed by atoms with van der Waals surface area (Å²) in [6.07, 6.45) is -2.55. The fourth-order valence-electron chi connectivity index (χ4n) is 3.20. The summed E-state index contributed by atoms with van der Waals surface area (Å²) in [6, 6.07) is 5.70. The molecule has 0 atom stereocenters. The van der Waals surface area contributed by atoms with E-state index in [2.05, 4.69) is 34.0 Å². The number of nitrogens with zero attached hydrogens (tertiary/aromatic N) is 3. The largest absolute Gasteiger partial charge is 0.416 e. The second-order valence-corrected chi connectivity index (χ2v) is 8.24. The molecule has 1 aromatic carbocycles. The molecule has 0 fully saturated rings. The van der Waals surface area contributed by atoms with Gasteiger partial charge >= 0.3 is 6.18 Å². The second-order valence-electron chi connectivity index (χ2n) is 6.88. The molecule has 0 radical (unpaired) electrons. The van der Waals surface area contributed by atoms with Gasteiger partial charge in [0, 0.05) is 6.54 Å². The summed E-state index contributed by atoms with van der Waals surface area (Å²) in [7, 11) is 0. The van der Waals surface area contributed by atoms with Gasteiger partial charge in [-0.2, -0.15) is 13.2 Å². The number of fused-ring (bicyclic) bond motifs is 1. The van der Waals surface area contributed by atoms with E-state index in [1.807, 2.05) is 17.5 Å². The Morgan fingerprint density at radius 1 is 1.13 bits per heavy atom. The van der Waals surface area contributed by atoms with Crippen molar-refractivity contribution in [3.05, 3.63) is 40.2 Å². The molecular formula is C21H24ClF3N4S. The number of rotatable bonds is 9. The summed E-state index contributed by atoms with van der Waals surface area (Å²) in [5, 5.41) is 5.13. The van der Waals surface area contributed by atoms with Gasteiger partial charge in [-0.05, 0) is 56.1 Å². The van der Waals surface area contributed by atoms with Crippen LogP contribution in [0, 0.1) is 0 Å². The zero-order chi connectivity index (χ0) is 21.7.